The van der Waals surface area contributed by atoms with Crippen molar-refractivity contribution in [3.05, 3.63) is 87.3 Å². The summed E-state index contributed by atoms with van der Waals surface area (Å²) in [7, 11) is 0. The van der Waals surface area contributed by atoms with E-state index in [2.05, 4.69) is 65.4 Å². The van der Waals surface area contributed by atoms with Crippen molar-refractivity contribution in [2.75, 3.05) is 11.4 Å². The summed E-state index contributed by atoms with van der Waals surface area (Å²) in [4.78, 5) is 16.9. The maximum atomic E-state index is 11.7. The van der Waals surface area contributed by atoms with Crippen LogP contribution in [0.25, 0.3) is 16.8 Å². The van der Waals surface area contributed by atoms with Gasteiger partial charge in [0.1, 0.15) is 5.82 Å². The van der Waals surface area contributed by atoms with Crippen LogP contribution in [-0.4, -0.2) is 26.3 Å². The van der Waals surface area contributed by atoms with Gasteiger partial charge in [-0.15, -0.1) is 10.2 Å². The summed E-state index contributed by atoms with van der Waals surface area (Å²) in [6, 6.07) is 17.7. The highest BCUT2D eigenvalue weighted by Gasteiger charge is 2.29. The van der Waals surface area contributed by atoms with Crippen molar-refractivity contribution in [2.24, 2.45) is 0 Å². The Bertz CT molecular complexity index is 1350. The van der Waals surface area contributed by atoms with E-state index in [0.29, 0.717) is 5.02 Å². The fraction of sp³-hybridized carbons (Fsp3) is 0.174. The lowest BCUT2D eigenvalue weighted by Crippen LogP contribution is -2.20. The van der Waals surface area contributed by atoms with Crippen LogP contribution in [0.5, 0.6) is 0 Å². The third-order valence-corrected chi connectivity index (χ3v) is 6.75. The molecule has 0 bridgehead atoms. The van der Waals surface area contributed by atoms with Gasteiger partial charge in [-0.1, -0.05) is 40.3 Å². The number of halogens is 2. The monoisotopic (exact) mass is 543 g/mol. The Hall–Kier alpha value is -2.65. The molecule has 2 aromatic heterocycles. The Morgan fingerprint density at radius 1 is 1.03 bits per heavy atom. The number of benzene rings is 2. The van der Waals surface area contributed by atoms with Gasteiger partial charge < -0.3 is 9.88 Å². The molecular formula is C23H19ClIN5O. The summed E-state index contributed by atoms with van der Waals surface area (Å²) >= 11 is 8.58. The Morgan fingerprint density at radius 3 is 2.55 bits per heavy atom. The summed E-state index contributed by atoms with van der Waals surface area (Å²) in [5, 5.41) is 9.50. The minimum Gasteiger partial charge on any atom is -0.338 e. The second-order valence-corrected chi connectivity index (χ2v) is 9.50. The Balaban J connectivity index is 1.76. The second kappa shape index (κ2) is 7.80. The van der Waals surface area contributed by atoms with E-state index in [-0.39, 0.29) is 9.48 Å². The van der Waals surface area contributed by atoms with Gasteiger partial charge in [0.15, 0.2) is 5.82 Å². The lowest BCUT2D eigenvalue weighted by atomic mass is 10.0. The Kier molecular flexibility index (Phi) is 5.10. The molecule has 31 heavy (non-hydrogen) atoms. The number of pyridine rings is 1. The first kappa shape index (κ1) is 20.3. The average molecular weight is 544 g/mol. The summed E-state index contributed by atoms with van der Waals surface area (Å²) in [6.45, 7) is 4.63. The molecule has 2 aromatic carbocycles. The van der Waals surface area contributed by atoms with Crippen LogP contribution >= 0.6 is 34.2 Å². The first-order chi connectivity index (χ1) is 14.9. The molecule has 6 nitrogen and oxygen atoms in total. The standard InChI is InChI=1S/C23H19ClIN5O/c1-13-18(8-10-22(31)26-13)15-3-9-20-21(11-15)29(17-6-4-16(24)5-7-17)12-19(25)23-28-27-14(2)30(20)23/h3-11,19H,12H2,1-2H3,(H,26,31)/t19-/m1/s1. The first-order valence-corrected chi connectivity index (χ1v) is 11.5. The Morgan fingerprint density at radius 2 is 1.81 bits per heavy atom. The molecule has 1 aliphatic rings. The topological polar surface area (TPSA) is 66.8 Å². The number of rotatable bonds is 2. The lowest BCUT2D eigenvalue weighted by Gasteiger charge is -2.27. The fourth-order valence-electron chi connectivity index (χ4n) is 4.07. The first-order valence-electron chi connectivity index (χ1n) is 9.86. The van der Waals surface area contributed by atoms with Crippen molar-refractivity contribution < 1.29 is 0 Å². The van der Waals surface area contributed by atoms with E-state index < -0.39 is 0 Å². The molecule has 0 saturated heterocycles. The van der Waals surface area contributed by atoms with E-state index in [0.717, 1.165) is 52.1 Å². The average Bonchev–Trinajstić information content (AvgIpc) is 3.08. The number of nitrogens with one attached hydrogen (secondary N) is 1. The van der Waals surface area contributed by atoms with Gasteiger partial charge in [0.05, 0.1) is 15.3 Å². The zero-order chi connectivity index (χ0) is 21.7. The molecular weight excluding hydrogens is 525 g/mol. The molecule has 0 fully saturated rings. The molecule has 1 atom stereocenters. The van der Waals surface area contributed by atoms with Crippen LogP contribution < -0.4 is 10.5 Å². The van der Waals surface area contributed by atoms with Gasteiger partial charge in [0, 0.05) is 34.6 Å². The number of alkyl halides is 1. The third-order valence-electron chi connectivity index (χ3n) is 5.55. The van der Waals surface area contributed by atoms with Gasteiger partial charge in [0.2, 0.25) is 5.56 Å². The molecule has 0 unspecified atom stereocenters. The van der Waals surface area contributed by atoms with Crippen LogP contribution in [0.2, 0.25) is 5.02 Å². The predicted molar refractivity (Wildman–Crippen MR) is 132 cm³/mol. The minimum atomic E-state index is -0.101. The van der Waals surface area contributed by atoms with Crippen molar-refractivity contribution in [3.8, 4) is 16.8 Å². The molecule has 3 heterocycles. The van der Waals surface area contributed by atoms with Gasteiger partial charge in [-0.25, -0.2) is 0 Å². The van der Waals surface area contributed by atoms with E-state index in [1.807, 2.05) is 44.2 Å². The fourth-order valence-corrected chi connectivity index (χ4v) is 4.99. The number of anilines is 2. The highest BCUT2D eigenvalue weighted by atomic mass is 127. The number of hydrogen-bond donors (Lipinski definition) is 1. The molecule has 156 valence electrons. The van der Waals surface area contributed by atoms with Gasteiger partial charge in [-0.05, 0) is 61.9 Å². The van der Waals surface area contributed by atoms with Crippen LogP contribution in [-0.2, 0) is 0 Å². The van der Waals surface area contributed by atoms with Crippen LogP contribution in [0.15, 0.2) is 59.4 Å². The molecule has 5 rings (SSSR count). The van der Waals surface area contributed by atoms with Crippen LogP contribution in [0.4, 0.5) is 11.4 Å². The molecule has 0 radical (unpaired) electrons. The molecule has 1 N–H and O–H groups in total. The summed E-state index contributed by atoms with van der Waals surface area (Å²) in [6.07, 6.45) is 0. The van der Waals surface area contributed by atoms with Crippen molar-refractivity contribution >= 4 is 45.6 Å². The van der Waals surface area contributed by atoms with E-state index in [9.17, 15) is 4.79 Å². The highest BCUT2D eigenvalue weighted by molar-refractivity contribution is 14.1. The number of aromatic amines is 1. The quantitative estimate of drug-likeness (QED) is 0.267. The van der Waals surface area contributed by atoms with Crippen molar-refractivity contribution in [3.63, 3.8) is 0 Å². The summed E-state index contributed by atoms with van der Waals surface area (Å²) < 4.78 is 2.27. The van der Waals surface area contributed by atoms with Gasteiger partial charge >= 0.3 is 0 Å². The van der Waals surface area contributed by atoms with E-state index in [1.54, 1.807) is 6.07 Å². The van der Waals surface area contributed by atoms with Gasteiger partial charge in [-0.2, -0.15) is 0 Å². The number of fused-ring (bicyclic) bond motifs is 3. The van der Waals surface area contributed by atoms with Crippen LogP contribution in [0.3, 0.4) is 0 Å². The van der Waals surface area contributed by atoms with Crippen molar-refractivity contribution in [1.82, 2.24) is 19.7 Å². The highest BCUT2D eigenvalue weighted by Crippen LogP contribution is 2.42. The van der Waals surface area contributed by atoms with E-state index >= 15 is 0 Å². The van der Waals surface area contributed by atoms with Gasteiger partial charge in [0.25, 0.3) is 0 Å². The SMILES string of the molecule is Cc1[nH]c(=O)ccc1-c1ccc2c(c1)N(c1ccc(Cl)cc1)C[C@@H](I)c1nnc(C)n1-2. The van der Waals surface area contributed by atoms with Crippen LogP contribution in [0.1, 0.15) is 21.3 Å². The predicted octanol–water partition coefficient (Wildman–Crippen LogP) is 5.52. The summed E-state index contributed by atoms with van der Waals surface area (Å²) in [5.41, 5.74) is 5.90. The van der Waals surface area contributed by atoms with Crippen LogP contribution in [0, 0.1) is 13.8 Å². The number of hydrogen-bond acceptors (Lipinski definition) is 4. The lowest BCUT2D eigenvalue weighted by molar-refractivity contribution is 0.842. The molecule has 1 aliphatic heterocycles. The molecule has 0 aliphatic carbocycles. The zero-order valence-corrected chi connectivity index (χ0v) is 19.8. The number of aryl methyl sites for hydroxylation is 2. The number of aromatic nitrogens is 4. The number of nitrogens with zero attached hydrogens (tertiary/aromatic N) is 4. The minimum absolute atomic E-state index is 0.101. The second-order valence-electron chi connectivity index (χ2n) is 7.56. The van der Waals surface area contributed by atoms with Gasteiger partial charge in [-0.3, -0.25) is 9.36 Å². The molecule has 0 spiro atoms. The van der Waals surface area contributed by atoms with Crippen molar-refractivity contribution in [2.45, 2.75) is 17.8 Å². The number of H-pyrrole nitrogens is 1. The molecule has 0 saturated carbocycles. The molecule has 0 amide bonds. The molecule has 4 aromatic rings. The largest absolute Gasteiger partial charge is 0.338 e. The normalized spacial score (nSPS) is 15.4. The van der Waals surface area contributed by atoms with Crippen molar-refractivity contribution in [1.29, 1.82) is 0 Å². The summed E-state index contributed by atoms with van der Waals surface area (Å²) in [5.74, 6) is 1.78. The maximum Gasteiger partial charge on any atom is 0.248 e. The van der Waals surface area contributed by atoms with E-state index in [4.69, 9.17) is 11.6 Å². The third kappa shape index (κ3) is 3.55. The smallest absolute Gasteiger partial charge is 0.248 e. The Labute approximate surface area is 198 Å². The van der Waals surface area contributed by atoms with E-state index in [1.165, 1.54) is 0 Å². The zero-order valence-electron chi connectivity index (χ0n) is 16.9. The molecule has 8 heteroatoms. The maximum absolute atomic E-state index is 11.7.